The van der Waals surface area contributed by atoms with Gasteiger partial charge >= 0.3 is 18.0 Å². The first-order chi connectivity index (χ1) is 11.9. The van der Waals surface area contributed by atoms with E-state index in [-0.39, 0.29) is 29.3 Å². The standard InChI is InChI=1S/C10H17NO4.C5H9NO2.CH2Cl2/c1-10(2,3)15-9(14)11-7-4-6(5-7)8(12)13;6-4-1-3(2-4)5(7)8;2-1-3/h6-7H,4-5H2,1-3H3,(H,11,14)(H,12,13);3-4H,1-2,6H2,(H,7,8);1H2. The third kappa shape index (κ3) is 10.7. The molecule has 0 heterocycles. The molecule has 2 rings (SSSR count). The lowest BCUT2D eigenvalue weighted by atomic mass is 9.80. The molecule has 0 saturated heterocycles. The number of aliphatic carboxylic acids is 2. The van der Waals surface area contributed by atoms with Crippen LogP contribution in [0.3, 0.4) is 0 Å². The highest BCUT2D eigenvalue weighted by atomic mass is 35.5. The molecule has 0 radical (unpaired) electrons. The van der Waals surface area contributed by atoms with Crippen molar-refractivity contribution in [2.24, 2.45) is 17.6 Å². The molecular weight excluding hydrogens is 387 g/mol. The first kappa shape index (κ1) is 24.8. The number of ether oxygens (including phenoxy) is 1. The Kier molecular flexibility index (Phi) is 10.9. The molecule has 26 heavy (non-hydrogen) atoms. The van der Waals surface area contributed by atoms with Crippen LogP contribution in [0.1, 0.15) is 46.5 Å². The number of alkyl halides is 2. The molecule has 2 aliphatic carbocycles. The Morgan fingerprint density at radius 2 is 1.42 bits per heavy atom. The summed E-state index contributed by atoms with van der Waals surface area (Å²) in [6.07, 6.45) is 1.84. The number of carboxylic acid groups (broad SMARTS) is 2. The summed E-state index contributed by atoms with van der Waals surface area (Å²) >= 11 is 9.53. The second kappa shape index (κ2) is 11.5. The molecule has 0 spiro atoms. The molecule has 152 valence electrons. The maximum Gasteiger partial charge on any atom is 0.407 e. The number of carbonyl (C=O) groups excluding carboxylic acids is 1. The maximum absolute atomic E-state index is 11.3. The third-order valence-corrected chi connectivity index (χ3v) is 3.73. The Balaban J connectivity index is 0.000000474. The predicted molar refractivity (Wildman–Crippen MR) is 98.4 cm³/mol. The van der Waals surface area contributed by atoms with Gasteiger partial charge in [0.2, 0.25) is 0 Å². The zero-order valence-corrected chi connectivity index (χ0v) is 16.7. The van der Waals surface area contributed by atoms with Crippen LogP contribution in [0.5, 0.6) is 0 Å². The average molecular weight is 415 g/mol. The zero-order valence-electron chi connectivity index (χ0n) is 15.2. The molecule has 0 atom stereocenters. The number of hydrogen-bond donors (Lipinski definition) is 4. The van der Waals surface area contributed by atoms with E-state index in [4.69, 9.17) is 43.9 Å². The number of halogens is 2. The quantitative estimate of drug-likeness (QED) is 0.520. The maximum atomic E-state index is 11.3. The SMILES string of the molecule is CC(C)(C)OC(=O)NC1CC(C(=O)O)C1.ClCCl.NC1CC(C(=O)O)C1. The summed E-state index contributed by atoms with van der Waals surface area (Å²) in [5.41, 5.74) is 4.83. The van der Waals surface area contributed by atoms with Gasteiger partial charge in [-0.05, 0) is 46.5 Å². The Labute approximate surface area is 163 Å². The highest BCUT2D eigenvalue weighted by molar-refractivity contribution is 6.40. The summed E-state index contributed by atoms with van der Waals surface area (Å²) in [5.74, 6) is -1.96. The summed E-state index contributed by atoms with van der Waals surface area (Å²) in [5, 5.41) is 19.8. The van der Waals surface area contributed by atoms with E-state index in [0.717, 1.165) is 0 Å². The van der Waals surface area contributed by atoms with Gasteiger partial charge in [0, 0.05) is 12.1 Å². The first-order valence-electron chi connectivity index (χ1n) is 8.22. The fraction of sp³-hybridized carbons (Fsp3) is 0.812. The second-order valence-electron chi connectivity index (χ2n) is 7.22. The molecule has 0 aromatic carbocycles. The van der Waals surface area contributed by atoms with Crippen LogP contribution in [0, 0.1) is 11.8 Å². The van der Waals surface area contributed by atoms with Gasteiger partial charge in [0.05, 0.1) is 17.2 Å². The number of carbonyl (C=O) groups is 3. The summed E-state index contributed by atoms with van der Waals surface area (Å²) in [7, 11) is 0. The van der Waals surface area contributed by atoms with Gasteiger partial charge in [-0.3, -0.25) is 9.59 Å². The van der Waals surface area contributed by atoms with Crippen molar-refractivity contribution in [3.8, 4) is 0 Å². The summed E-state index contributed by atoms with van der Waals surface area (Å²) in [4.78, 5) is 31.8. The van der Waals surface area contributed by atoms with Gasteiger partial charge in [-0.15, -0.1) is 23.2 Å². The van der Waals surface area contributed by atoms with Crippen molar-refractivity contribution < 1.29 is 29.3 Å². The minimum atomic E-state index is -0.794. The monoisotopic (exact) mass is 414 g/mol. The number of carboxylic acids is 2. The van der Waals surface area contributed by atoms with Gasteiger partial charge in [-0.25, -0.2) is 4.79 Å². The van der Waals surface area contributed by atoms with E-state index in [1.54, 1.807) is 20.8 Å². The Bertz CT molecular complexity index is 472. The lowest BCUT2D eigenvalue weighted by Crippen LogP contribution is -2.48. The fourth-order valence-electron chi connectivity index (χ4n) is 2.28. The van der Waals surface area contributed by atoms with Gasteiger partial charge in [-0.1, -0.05) is 0 Å². The average Bonchev–Trinajstić information content (AvgIpc) is 2.37. The van der Waals surface area contributed by atoms with Crippen molar-refractivity contribution in [1.29, 1.82) is 0 Å². The second-order valence-corrected chi connectivity index (χ2v) is 8.03. The van der Waals surface area contributed by atoms with E-state index in [1.165, 1.54) is 0 Å². The number of nitrogens with two attached hydrogens (primary N) is 1. The lowest BCUT2D eigenvalue weighted by molar-refractivity contribution is -0.146. The van der Waals surface area contributed by atoms with Crippen LogP contribution in [0.15, 0.2) is 0 Å². The highest BCUT2D eigenvalue weighted by Gasteiger charge is 2.36. The van der Waals surface area contributed by atoms with E-state index in [1.807, 2.05) is 0 Å². The molecule has 0 aromatic rings. The molecular formula is C16H28Cl2N2O6. The normalized spacial score (nSPS) is 26.4. The van der Waals surface area contributed by atoms with Gasteiger partial charge in [0.1, 0.15) is 5.60 Å². The number of nitrogens with one attached hydrogen (secondary N) is 1. The van der Waals surface area contributed by atoms with Crippen molar-refractivity contribution in [3.05, 3.63) is 0 Å². The highest BCUT2D eigenvalue weighted by Crippen LogP contribution is 2.27. The summed E-state index contributed by atoms with van der Waals surface area (Å²) in [6.45, 7) is 5.36. The van der Waals surface area contributed by atoms with Crippen molar-refractivity contribution in [3.63, 3.8) is 0 Å². The van der Waals surface area contributed by atoms with E-state index in [9.17, 15) is 14.4 Å². The Morgan fingerprint density at radius 3 is 1.69 bits per heavy atom. The van der Waals surface area contributed by atoms with Crippen molar-refractivity contribution in [2.75, 3.05) is 5.34 Å². The Morgan fingerprint density at radius 1 is 1.04 bits per heavy atom. The fourth-order valence-corrected chi connectivity index (χ4v) is 2.28. The van der Waals surface area contributed by atoms with Gasteiger partial charge in [0.25, 0.3) is 0 Å². The number of alkyl carbamates (subject to hydrolysis) is 1. The Hall–Kier alpha value is -1.25. The molecule has 5 N–H and O–H groups in total. The number of hydrogen-bond acceptors (Lipinski definition) is 5. The van der Waals surface area contributed by atoms with Crippen LogP contribution in [-0.2, 0) is 14.3 Å². The molecule has 0 unspecified atom stereocenters. The number of amides is 1. The van der Waals surface area contributed by atoms with Crippen LogP contribution >= 0.6 is 23.2 Å². The van der Waals surface area contributed by atoms with E-state index >= 15 is 0 Å². The smallest absolute Gasteiger partial charge is 0.407 e. The molecule has 0 bridgehead atoms. The molecule has 0 aliphatic heterocycles. The van der Waals surface area contributed by atoms with Crippen LogP contribution in [0.2, 0.25) is 0 Å². The number of rotatable bonds is 3. The molecule has 8 nitrogen and oxygen atoms in total. The molecule has 2 saturated carbocycles. The molecule has 2 fully saturated rings. The van der Waals surface area contributed by atoms with Crippen LogP contribution in [0.25, 0.3) is 0 Å². The lowest BCUT2D eigenvalue weighted by Gasteiger charge is -2.33. The molecule has 1 amide bonds. The molecule has 2 aliphatic rings. The van der Waals surface area contributed by atoms with Crippen LogP contribution < -0.4 is 11.1 Å². The minimum absolute atomic E-state index is 0.0547. The van der Waals surface area contributed by atoms with E-state index < -0.39 is 23.6 Å². The van der Waals surface area contributed by atoms with E-state index in [0.29, 0.717) is 25.7 Å². The van der Waals surface area contributed by atoms with Crippen molar-refractivity contribution in [2.45, 2.75) is 64.1 Å². The third-order valence-electron chi connectivity index (χ3n) is 3.73. The summed E-state index contributed by atoms with van der Waals surface area (Å²) < 4.78 is 5.04. The topological polar surface area (TPSA) is 139 Å². The van der Waals surface area contributed by atoms with Crippen molar-refractivity contribution in [1.82, 2.24) is 5.32 Å². The first-order valence-corrected chi connectivity index (χ1v) is 9.29. The molecule has 0 aromatic heterocycles. The predicted octanol–water partition coefficient (Wildman–Crippen LogP) is 2.60. The minimum Gasteiger partial charge on any atom is -0.481 e. The van der Waals surface area contributed by atoms with Gasteiger partial charge < -0.3 is 26.0 Å². The van der Waals surface area contributed by atoms with Gasteiger partial charge in [0.15, 0.2) is 0 Å². The zero-order chi connectivity index (χ0) is 20.5. The van der Waals surface area contributed by atoms with E-state index in [2.05, 4.69) is 5.32 Å². The molecule has 10 heteroatoms. The van der Waals surface area contributed by atoms with Gasteiger partial charge in [-0.2, -0.15) is 0 Å². The largest absolute Gasteiger partial charge is 0.481 e. The van der Waals surface area contributed by atoms with Crippen molar-refractivity contribution >= 4 is 41.2 Å². The van der Waals surface area contributed by atoms with Crippen LogP contribution in [-0.4, -0.2) is 51.3 Å². The van der Waals surface area contributed by atoms with Crippen LogP contribution in [0.4, 0.5) is 4.79 Å². The summed E-state index contributed by atoms with van der Waals surface area (Å²) in [6, 6.07) is 0.0945.